The maximum Gasteiger partial charge on any atom is 0.193 e. The van der Waals surface area contributed by atoms with Crippen LogP contribution in [0.3, 0.4) is 0 Å². The molecule has 0 amide bonds. The molecule has 1 aromatic carbocycles. The van der Waals surface area contributed by atoms with Crippen molar-refractivity contribution in [2.45, 2.75) is 32.7 Å². The fraction of sp³-hybridized carbons (Fsp3) is 0.312. The van der Waals surface area contributed by atoms with Crippen molar-refractivity contribution in [3.63, 3.8) is 0 Å². The highest BCUT2D eigenvalue weighted by Crippen LogP contribution is 2.20. The van der Waals surface area contributed by atoms with Gasteiger partial charge in [-0.05, 0) is 42.2 Å². The van der Waals surface area contributed by atoms with Gasteiger partial charge in [-0.1, -0.05) is 26.0 Å². The number of hydrogen-bond donors (Lipinski definition) is 2. The maximum atomic E-state index is 5.87. The second kappa shape index (κ2) is 7.38. The molecule has 0 aliphatic rings. The number of aromatic nitrogens is 2. The molecule has 5 nitrogen and oxygen atoms in total. The van der Waals surface area contributed by atoms with Gasteiger partial charge in [0.2, 0.25) is 0 Å². The zero-order valence-electron chi connectivity index (χ0n) is 12.5. The van der Waals surface area contributed by atoms with Crippen molar-refractivity contribution in [2.75, 3.05) is 5.32 Å². The molecule has 0 spiro atoms. The molecule has 2 rings (SSSR count). The summed E-state index contributed by atoms with van der Waals surface area (Å²) in [5.41, 5.74) is 8.92. The summed E-state index contributed by atoms with van der Waals surface area (Å²) in [7, 11) is 0. The lowest BCUT2D eigenvalue weighted by atomic mass is 9.99. The van der Waals surface area contributed by atoms with Crippen molar-refractivity contribution in [3.8, 4) is 0 Å². The normalized spacial score (nSPS) is 13.0. The molecule has 0 saturated heterocycles. The van der Waals surface area contributed by atoms with Gasteiger partial charge >= 0.3 is 0 Å². The third-order valence-corrected chi connectivity index (χ3v) is 3.40. The number of benzene rings is 1. The first-order valence-electron chi connectivity index (χ1n) is 7.12. The first-order chi connectivity index (χ1) is 10.2. The van der Waals surface area contributed by atoms with Crippen LogP contribution in [-0.4, -0.2) is 16.2 Å². The van der Waals surface area contributed by atoms with Crippen molar-refractivity contribution in [3.05, 3.63) is 53.9 Å². The second-order valence-electron chi connectivity index (χ2n) is 4.97. The van der Waals surface area contributed by atoms with Crippen LogP contribution < -0.4 is 11.1 Å². The smallest absolute Gasteiger partial charge is 0.193 e. The highest BCUT2D eigenvalue weighted by atomic mass is 15.1. The number of nitrogens with zero attached hydrogens (tertiary/aromatic N) is 3. The Morgan fingerprint density at radius 2 is 2.05 bits per heavy atom. The lowest BCUT2D eigenvalue weighted by Crippen LogP contribution is -2.22. The van der Waals surface area contributed by atoms with Crippen LogP contribution in [0.5, 0.6) is 0 Å². The Balaban J connectivity index is 1.94. The second-order valence-corrected chi connectivity index (χ2v) is 4.97. The first-order valence-corrected chi connectivity index (χ1v) is 7.12. The van der Waals surface area contributed by atoms with Crippen molar-refractivity contribution < 1.29 is 0 Å². The summed E-state index contributed by atoms with van der Waals surface area (Å²) < 4.78 is 0. The Morgan fingerprint density at radius 1 is 1.29 bits per heavy atom. The quantitative estimate of drug-likeness (QED) is 0.653. The Morgan fingerprint density at radius 3 is 2.67 bits per heavy atom. The highest BCUT2D eigenvalue weighted by molar-refractivity contribution is 5.92. The Bertz CT molecular complexity index is 577. The van der Waals surface area contributed by atoms with Crippen LogP contribution in [0.4, 0.5) is 5.69 Å². The number of anilines is 1. The molecule has 1 aromatic heterocycles. The topological polar surface area (TPSA) is 76.2 Å². The fourth-order valence-electron chi connectivity index (χ4n) is 1.90. The predicted molar refractivity (Wildman–Crippen MR) is 86.1 cm³/mol. The van der Waals surface area contributed by atoms with Gasteiger partial charge in [-0.2, -0.15) is 10.2 Å². The van der Waals surface area contributed by atoms with Gasteiger partial charge in [0, 0.05) is 11.9 Å². The molecule has 0 radical (unpaired) electrons. The Labute approximate surface area is 125 Å². The summed E-state index contributed by atoms with van der Waals surface area (Å²) in [6.45, 7) is 4.82. The van der Waals surface area contributed by atoms with E-state index in [9.17, 15) is 0 Å². The molecule has 3 N–H and O–H groups in total. The third-order valence-electron chi connectivity index (χ3n) is 3.40. The molecule has 1 atom stereocenters. The largest absolute Gasteiger partial charge is 0.370 e. The molecule has 0 saturated carbocycles. The average molecular weight is 283 g/mol. The van der Waals surface area contributed by atoms with Gasteiger partial charge in [-0.15, -0.1) is 0 Å². The van der Waals surface area contributed by atoms with Crippen LogP contribution in [0.25, 0.3) is 0 Å². The maximum absolute atomic E-state index is 5.87. The minimum absolute atomic E-state index is 0.372. The van der Waals surface area contributed by atoms with Crippen molar-refractivity contribution in [1.82, 2.24) is 10.2 Å². The van der Waals surface area contributed by atoms with Gasteiger partial charge in [0.1, 0.15) is 0 Å². The summed E-state index contributed by atoms with van der Waals surface area (Å²) in [5.74, 6) is 0.943. The van der Waals surface area contributed by atoms with Crippen LogP contribution in [-0.2, 0) is 6.54 Å². The van der Waals surface area contributed by atoms with Gasteiger partial charge in [0.15, 0.2) is 5.96 Å². The molecule has 0 aliphatic heterocycles. The van der Waals surface area contributed by atoms with E-state index in [1.54, 1.807) is 6.20 Å². The van der Waals surface area contributed by atoms with Crippen molar-refractivity contribution >= 4 is 11.6 Å². The van der Waals surface area contributed by atoms with E-state index in [2.05, 4.69) is 46.5 Å². The standard InChI is InChI=1S/C16H21N5/c1-3-12(2)13-6-8-14(9-7-13)20-16(17)18-11-15-5-4-10-19-21-15/h4-10,12H,3,11H2,1-2H3,(H3,17,18,20). The third kappa shape index (κ3) is 4.56. The number of aliphatic imine (C=N–C) groups is 1. The molecular formula is C16H21N5. The van der Waals surface area contributed by atoms with E-state index >= 15 is 0 Å². The fourth-order valence-corrected chi connectivity index (χ4v) is 1.90. The summed E-state index contributed by atoms with van der Waals surface area (Å²) in [6.07, 6.45) is 2.77. The van der Waals surface area contributed by atoms with Crippen molar-refractivity contribution in [2.24, 2.45) is 10.7 Å². The van der Waals surface area contributed by atoms with Crippen LogP contribution in [0.15, 0.2) is 47.6 Å². The first kappa shape index (κ1) is 15.0. The van der Waals surface area contributed by atoms with Gasteiger partial charge in [0.05, 0.1) is 12.2 Å². The van der Waals surface area contributed by atoms with Gasteiger partial charge < -0.3 is 11.1 Å². The molecule has 0 fully saturated rings. The van der Waals surface area contributed by atoms with E-state index in [1.807, 2.05) is 24.3 Å². The summed E-state index contributed by atoms with van der Waals surface area (Å²) in [6, 6.07) is 12.0. The van der Waals surface area contributed by atoms with E-state index in [0.717, 1.165) is 17.8 Å². The summed E-state index contributed by atoms with van der Waals surface area (Å²) in [5, 5.41) is 10.8. The molecule has 1 heterocycles. The van der Waals surface area contributed by atoms with Gasteiger partial charge in [-0.3, -0.25) is 0 Å². The Kier molecular flexibility index (Phi) is 5.26. The highest BCUT2D eigenvalue weighted by Gasteiger charge is 2.02. The zero-order chi connectivity index (χ0) is 15.1. The average Bonchev–Trinajstić information content (AvgIpc) is 2.54. The molecule has 110 valence electrons. The number of hydrogen-bond acceptors (Lipinski definition) is 3. The van der Waals surface area contributed by atoms with Crippen LogP contribution in [0.1, 0.15) is 37.4 Å². The number of nitrogens with two attached hydrogens (primary N) is 1. The minimum atomic E-state index is 0.372. The van der Waals surface area contributed by atoms with Crippen molar-refractivity contribution in [1.29, 1.82) is 0 Å². The molecule has 2 aromatic rings. The lowest BCUT2D eigenvalue weighted by molar-refractivity contribution is 0.734. The van der Waals surface area contributed by atoms with E-state index < -0.39 is 0 Å². The van der Waals surface area contributed by atoms with Crippen LogP contribution in [0, 0.1) is 0 Å². The van der Waals surface area contributed by atoms with E-state index in [-0.39, 0.29) is 0 Å². The number of guanidine groups is 1. The predicted octanol–water partition coefficient (Wildman–Crippen LogP) is 2.92. The molecule has 0 bridgehead atoms. The molecule has 1 unspecified atom stereocenters. The van der Waals surface area contributed by atoms with Gasteiger partial charge in [0.25, 0.3) is 0 Å². The molecule has 0 aliphatic carbocycles. The van der Waals surface area contributed by atoms with E-state index in [4.69, 9.17) is 5.73 Å². The number of rotatable bonds is 5. The molecule has 21 heavy (non-hydrogen) atoms. The van der Waals surface area contributed by atoms with E-state index in [0.29, 0.717) is 18.4 Å². The summed E-state index contributed by atoms with van der Waals surface area (Å²) >= 11 is 0. The molecular weight excluding hydrogens is 262 g/mol. The lowest BCUT2D eigenvalue weighted by Gasteiger charge is -2.10. The molecule has 5 heteroatoms. The summed E-state index contributed by atoms with van der Waals surface area (Å²) in [4.78, 5) is 4.24. The minimum Gasteiger partial charge on any atom is -0.370 e. The monoisotopic (exact) mass is 283 g/mol. The van der Waals surface area contributed by atoms with Gasteiger partial charge in [-0.25, -0.2) is 4.99 Å². The van der Waals surface area contributed by atoms with E-state index in [1.165, 1.54) is 5.56 Å². The SMILES string of the molecule is CCC(C)c1ccc(NC(N)=NCc2cccnn2)cc1. The van der Waals surface area contributed by atoms with Crippen LogP contribution in [0.2, 0.25) is 0 Å². The Hall–Kier alpha value is -2.43. The number of nitrogens with one attached hydrogen (secondary N) is 1. The zero-order valence-corrected chi connectivity index (χ0v) is 12.5. The van der Waals surface area contributed by atoms with Crippen LogP contribution >= 0.6 is 0 Å².